The normalized spacial score (nSPS) is 13.3. The minimum absolute atomic E-state index is 0.0627. The number of fused-ring (bicyclic) bond motifs is 1. The Morgan fingerprint density at radius 1 is 1.10 bits per heavy atom. The van der Waals surface area contributed by atoms with Crippen molar-refractivity contribution in [2.24, 2.45) is 10.8 Å². The van der Waals surface area contributed by atoms with Crippen molar-refractivity contribution < 1.29 is 19.5 Å². The molecule has 0 spiro atoms. The molecule has 1 heterocycles. The number of hydrogen-bond acceptors (Lipinski definition) is 3. The molecule has 1 aromatic carbocycles. The van der Waals surface area contributed by atoms with Crippen LogP contribution in [-0.4, -0.2) is 33.8 Å². The quantitative estimate of drug-likeness (QED) is 0.552. The van der Waals surface area contributed by atoms with Crippen LogP contribution in [0.4, 0.5) is 0 Å². The molecule has 1 aromatic heterocycles. The van der Waals surface area contributed by atoms with E-state index >= 15 is 0 Å². The average Bonchev–Trinajstić information content (AvgIpc) is 3.00. The third kappa shape index (κ3) is 6.17. The van der Waals surface area contributed by atoms with Gasteiger partial charge < -0.3 is 15.4 Å². The Bertz CT molecular complexity index is 890. The number of aromatic nitrogens is 1. The summed E-state index contributed by atoms with van der Waals surface area (Å²) in [6.07, 6.45) is 3.37. The van der Waals surface area contributed by atoms with Crippen LogP contribution in [0.1, 0.15) is 59.4 Å². The molecule has 2 rings (SSSR count). The summed E-state index contributed by atoms with van der Waals surface area (Å²) in [6, 6.07) is 7.68. The first kappa shape index (κ1) is 22.7. The summed E-state index contributed by atoms with van der Waals surface area (Å²) < 4.78 is 0. The lowest BCUT2D eigenvalue weighted by atomic mass is 9.84. The molecule has 29 heavy (non-hydrogen) atoms. The van der Waals surface area contributed by atoms with Crippen LogP contribution in [0, 0.1) is 10.8 Å². The number of nitrogens with one attached hydrogen (secondary N) is 2. The zero-order chi connectivity index (χ0) is 21.8. The highest BCUT2D eigenvalue weighted by atomic mass is 16.4. The lowest BCUT2D eigenvalue weighted by Gasteiger charge is -2.24. The van der Waals surface area contributed by atoms with Gasteiger partial charge in [-0.2, -0.15) is 0 Å². The van der Waals surface area contributed by atoms with Gasteiger partial charge in [-0.05, 0) is 43.7 Å². The zero-order valence-corrected chi connectivity index (χ0v) is 18.0. The summed E-state index contributed by atoms with van der Waals surface area (Å²) in [7, 11) is 0. The number of carboxylic acids is 1. The van der Waals surface area contributed by atoms with Crippen LogP contribution in [-0.2, 0) is 20.8 Å². The van der Waals surface area contributed by atoms with Crippen molar-refractivity contribution in [1.82, 2.24) is 10.3 Å². The maximum atomic E-state index is 12.5. The van der Waals surface area contributed by atoms with E-state index in [0.29, 0.717) is 19.3 Å². The van der Waals surface area contributed by atoms with E-state index in [4.69, 9.17) is 0 Å². The van der Waals surface area contributed by atoms with Gasteiger partial charge >= 0.3 is 5.97 Å². The number of Topliss-reactive ketones (excluding diaryl/α,β-unsaturated/α-hetero) is 1. The number of aromatic amines is 1. The summed E-state index contributed by atoms with van der Waals surface area (Å²) in [5, 5.41) is 13.4. The Morgan fingerprint density at radius 3 is 2.38 bits per heavy atom. The van der Waals surface area contributed by atoms with E-state index in [-0.39, 0.29) is 29.6 Å². The third-order valence-corrected chi connectivity index (χ3v) is 5.15. The van der Waals surface area contributed by atoms with E-state index in [9.17, 15) is 19.5 Å². The summed E-state index contributed by atoms with van der Waals surface area (Å²) in [4.78, 5) is 39.5. The summed E-state index contributed by atoms with van der Waals surface area (Å²) in [6.45, 7) is 8.84. The zero-order valence-electron chi connectivity index (χ0n) is 18.0. The first-order valence-corrected chi connectivity index (χ1v) is 10.0. The monoisotopic (exact) mass is 400 g/mol. The molecule has 0 aliphatic rings. The number of carbonyl (C=O) groups excluding carboxylic acids is 2. The topological polar surface area (TPSA) is 99.3 Å². The SMILES string of the molecule is CC(C)(C)CC(=O)N[C@@H](CCC(=O)C(C)(C)C(=O)O)Cc1c[nH]c2ccccc12. The van der Waals surface area contributed by atoms with E-state index in [1.165, 1.54) is 13.8 Å². The molecule has 0 unspecified atom stereocenters. The van der Waals surface area contributed by atoms with Crippen molar-refractivity contribution >= 4 is 28.6 Å². The van der Waals surface area contributed by atoms with Gasteiger partial charge in [0.1, 0.15) is 11.2 Å². The molecule has 0 aliphatic heterocycles. The van der Waals surface area contributed by atoms with Gasteiger partial charge in [-0.25, -0.2) is 0 Å². The van der Waals surface area contributed by atoms with Gasteiger partial charge in [0.05, 0.1) is 0 Å². The lowest BCUT2D eigenvalue weighted by molar-refractivity contribution is -0.152. The van der Waals surface area contributed by atoms with Crippen molar-refractivity contribution in [2.45, 2.75) is 66.3 Å². The highest BCUT2D eigenvalue weighted by Crippen LogP contribution is 2.24. The van der Waals surface area contributed by atoms with Crippen molar-refractivity contribution in [2.75, 3.05) is 0 Å². The first-order valence-electron chi connectivity index (χ1n) is 10.0. The number of hydrogen-bond donors (Lipinski definition) is 3. The van der Waals surface area contributed by atoms with Gasteiger partial charge in [0, 0.05) is 36.0 Å². The molecule has 0 fully saturated rings. The number of rotatable bonds is 9. The number of ketones is 1. The Morgan fingerprint density at radius 2 is 1.76 bits per heavy atom. The number of carbonyl (C=O) groups is 3. The number of benzene rings is 1. The molecule has 0 saturated carbocycles. The van der Waals surface area contributed by atoms with Crippen LogP contribution in [0.3, 0.4) is 0 Å². The standard InChI is InChI=1S/C23H32N2O4/c1-22(2,3)13-20(27)25-16(10-11-19(26)23(4,5)21(28)29)12-15-14-24-18-9-7-6-8-17(15)18/h6-9,14,16,24H,10-13H2,1-5H3,(H,25,27)(H,28,29)/t16-/m0/s1. The Balaban J connectivity index is 2.15. The minimum Gasteiger partial charge on any atom is -0.481 e. The maximum Gasteiger partial charge on any atom is 0.316 e. The average molecular weight is 401 g/mol. The van der Waals surface area contributed by atoms with Crippen LogP contribution >= 0.6 is 0 Å². The van der Waals surface area contributed by atoms with Gasteiger partial charge in [-0.1, -0.05) is 39.0 Å². The van der Waals surface area contributed by atoms with E-state index in [1.54, 1.807) is 0 Å². The number of aliphatic carboxylic acids is 1. The van der Waals surface area contributed by atoms with Gasteiger partial charge in [-0.15, -0.1) is 0 Å². The smallest absolute Gasteiger partial charge is 0.316 e. The fraction of sp³-hybridized carbons (Fsp3) is 0.522. The number of para-hydroxylation sites is 1. The van der Waals surface area contributed by atoms with Gasteiger partial charge in [0.2, 0.25) is 5.91 Å². The van der Waals surface area contributed by atoms with Crippen molar-refractivity contribution in [1.29, 1.82) is 0 Å². The third-order valence-electron chi connectivity index (χ3n) is 5.15. The molecule has 0 aliphatic carbocycles. The predicted octanol–water partition coefficient (Wildman–Crippen LogP) is 4.09. The van der Waals surface area contributed by atoms with Crippen LogP contribution in [0.25, 0.3) is 10.9 Å². The second kappa shape index (κ2) is 8.80. The molecule has 3 N–H and O–H groups in total. The highest BCUT2D eigenvalue weighted by molar-refractivity contribution is 6.02. The van der Waals surface area contributed by atoms with Crippen LogP contribution < -0.4 is 5.32 Å². The molecule has 6 heteroatoms. The largest absolute Gasteiger partial charge is 0.481 e. The van der Waals surface area contributed by atoms with E-state index in [2.05, 4.69) is 10.3 Å². The van der Waals surface area contributed by atoms with Gasteiger partial charge in [-0.3, -0.25) is 14.4 Å². The molecule has 0 radical (unpaired) electrons. The molecule has 6 nitrogen and oxygen atoms in total. The maximum absolute atomic E-state index is 12.5. The molecule has 158 valence electrons. The van der Waals surface area contributed by atoms with Gasteiger partial charge in [0.25, 0.3) is 0 Å². The minimum atomic E-state index is -1.43. The van der Waals surface area contributed by atoms with Crippen molar-refractivity contribution in [3.8, 4) is 0 Å². The summed E-state index contributed by atoms with van der Waals surface area (Å²) >= 11 is 0. The molecule has 0 saturated heterocycles. The fourth-order valence-electron chi connectivity index (χ4n) is 3.29. The molecule has 1 amide bonds. The number of carboxylic acid groups (broad SMARTS) is 1. The predicted molar refractivity (Wildman–Crippen MR) is 114 cm³/mol. The van der Waals surface area contributed by atoms with Crippen molar-refractivity contribution in [3.63, 3.8) is 0 Å². The Kier molecular flexibility index (Phi) is 6.88. The molecule has 1 atom stereocenters. The molecule has 2 aromatic rings. The second-order valence-corrected chi connectivity index (χ2v) is 9.46. The van der Waals surface area contributed by atoms with Crippen LogP contribution in [0.15, 0.2) is 30.5 Å². The highest BCUT2D eigenvalue weighted by Gasteiger charge is 2.35. The summed E-state index contributed by atoms with van der Waals surface area (Å²) in [5.74, 6) is -1.53. The van der Waals surface area contributed by atoms with Crippen molar-refractivity contribution in [3.05, 3.63) is 36.0 Å². The van der Waals surface area contributed by atoms with Gasteiger partial charge in [0.15, 0.2) is 0 Å². The van der Waals surface area contributed by atoms with E-state index in [0.717, 1.165) is 16.5 Å². The van der Waals surface area contributed by atoms with E-state index < -0.39 is 11.4 Å². The number of amides is 1. The second-order valence-electron chi connectivity index (χ2n) is 9.46. The van der Waals surface area contributed by atoms with Crippen LogP contribution in [0.5, 0.6) is 0 Å². The Hall–Kier alpha value is -2.63. The van der Waals surface area contributed by atoms with Crippen LogP contribution in [0.2, 0.25) is 0 Å². The lowest BCUT2D eigenvalue weighted by Crippen LogP contribution is -2.40. The van der Waals surface area contributed by atoms with E-state index in [1.807, 2.05) is 51.2 Å². The fourth-order valence-corrected chi connectivity index (χ4v) is 3.29. The molecular formula is C23H32N2O4. The Labute approximate surface area is 172 Å². The number of H-pyrrole nitrogens is 1. The molecule has 0 bridgehead atoms. The first-order chi connectivity index (χ1) is 13.4. The molecular weight excluding hydrogens is 368 g/mol. The summed E-state index contributed by atoms with van der Waals surface area (Å²) in [5.41, 5.74) is 0.508.